The number of halogens is 1. The molecule has 0 unspecified atom stereocenters. The molecule has 0 fully saturated rings. The van der Waals surface area contributed by atoms with E-state index in [1.807, 2.05) is 18.2 Å². The Morgan fingerprint density at radius 2 is 1.91 bits per heavy atom. The van der Waals surface area contributed by atoms with Crippen molar-refractivity contribution < 1.29 is 13.7 Å². The number of rotatable bonds is 6. The van der Waals surface area contributed by atoms with E-state index in [4.69, 9.17) is 16.3 Å². The van der Waals surface area contributed by atoms with Crippen LogP contribution >= 0.6 is 11.6 Å². The van der Waals surface area contributed by atoms with E-state index in [-0.39, 0.29) is 18.0 Å². The number of nitrogens with one attached hydrogen (secondary N) is 1. The summed E-state index contributed by atoms with van der Waals surface area (Å²) in [5, 5.41) is 3.04. The third kappa shape index (κ3) is 4.08. The molecule has 4 nitrogen and oxygen atoms in total. The summed E-state index contributed by atoms with van der Waals surface area (Å²) in [6.45, 7) is 0.286. The molecule has 0 aliphatic carbocycles. The molecule has 0 aliphatic rings. The molecule has 0 saturated heterocycles. The molecule has 0 saturated carbocycles. The first kappa shape index (κ1) is 16.5. The minimum absolute atomic E-state index is 0.286. The lowest BCUT2D eigenvalue weighted by atomic mass is 10.2. The van der Waals surface area contributed by atoms with Gasteiger partial charge >= 0.3 is 0 Å². The van der Waals surface area contributed by atoms with E-state index in [1.165, 1.54) is 7.11 Å². The maximum Gasteiger partial charge on any atom is 0.256 e. The minimum Gasteiger partial charge on any atom is -0.496 e. The Hall–Kier alpha value is -1.85. The van der Waals surface area contributed by atoms with E-state index in [9.17, 15) is 9.00 Å². The SMILES string of the molecule is COc1cccc(Cl)c1C(=O)NCC[S@](=O)c1ccccc1. The van der Waals surface area contributed by atoms with Crippen LogP contribution in [0.4, 0.5) is 0 Å². The lowest BCUT2D eigenvalue weighted by molar-refractivity contribution is 0.0953. The van der Waals surface area contributed by atoms with Crippen molar-refractivity contribution in [2.24, 2.45) is 0 Å². The first-order chi connectivity index (χ1) is 10.6. The van der Waals surface area contributed by atoms with Crippen molar-refractivity contribution >= 4 is 28.3 Å². The third-order valence-corrected chi connectivity index (χ3v) is 4.69. The topological polar surface area (TPSA) is 55.4 Å². The second-order valence-corrected chi connectivity index (χ2v) is 6.41. The number of hydrogen-bond donors (Lipinski definition) is 1. The predicted molar refractivity (Wildman–Crippen MR) is 88.1 cm³/mol. The summed E-state index contributed by atoms with van der Waals surface area (Å²) in [5.41, 5.74) is 0.289. The molecule has 2 aromatic rings. The number of benzene rings is 2. The van der Waals surface area contributed by atoms with Crippen molar-refractivity contribution in [2.75, 3.05) is 19.4 Å². The van der Waals surface area contributed by atoms with Crippen LogP contribution in [0.15, 0.2) is 53.4 Å². The number of methoxy groups -OCH3 is 1. The summed E-state index contributed by atoms with van der Waals surface area (Å²) in [7, 11) is 0.331. The van der Waals surface area contributed by atoms with Crippen molar-refractivity contribution in [3.63, 3.8) is 0 Å². The van der Waals surface area contributed by atoms with Crippen molar-refractivity contribution in [3.8, 4) is 5.75 Å². The first-order valence-corrected chi connectivity index (χ1v) is 8.37. The number of ether oxygens (including phenoxy) is 1. The molecule has 0 spiro atoms. The van der Waals surface area contributed by atoms with E-state index in [0.29, 0.717) is 16.5 Å². The summed E-state index contributed by atoms with van der Waals surface area (Å²) in [5.74, 6) is 0.407. The Bertz CT molecular complexity index is 676. The van der Waals surface area contributed by atoms with Crippen LogP contribution in [0.3, 0.4) is 0 Å². The Balaban J connectivity index is 1.95. The maximum atomic E-state index is 12.2. The molecule has 0 aliphatic heterocycles. The van der Waals surface area contributed by atoms with Crippen molar-refractivity contribution in [1.29, 1.82) is 0 Å². The zero-order valence-corrected chi connectivity index (χ0v) is 13.6. The Morgan fingerprint density at radius 1 is 1.18 bits per heavy atom. The molecular formula is C16H16ClNO3S. The normalized spacial score (nSPS) is 11.7. The largest absolute Gasteiger partial charge is 0.496 e. The van der Waals surface area contributed by atoms with Crippen LogP contribution < -0.4 is 10.1 Å². The fourth-order valence-electron chi connectivity index (χ4n) is 1.93. The smallest absolute Gasteiger partial charge is 0.256 e. The fourth-order valence-corrected chi connectivity index (χ4v) is 3.17. The molecule has 2 aromatic carbocycles. The van der Waals surface area contributed by atoms with Gasteiger partial charge in [0.15, 0.2) is 0 Å². The highest BCUT2D eigenvalue weighted by Crippen LogP contribution is 2.25. The van der Waals surface area contributed by atoms with Gasteiger partial charge in [-0.2, -0.15) is 0 Å². The number of carbonyl (C=O) groups excluding carboxylic acids is 1. The summed E-state index contributed by atoms with van der Waals surface area (Å²) in [6.07, 6.45) is 0. The first-order valence-electron chi connectivity index (χ1n) is 6.67. The van der Waals surface area contributed by atoms with E-state index < -0.39 is 10.8 Å². The van der Waals surface area contributed by atoms with Gasteiger partial charge in [-0.25, -0.2) is 0 Å². The van der Waals surface area contributed by atoms with E-state index in [1.54, 1.807) is 30.3 Å². The molecular weight excluding hydrogens is 322 g/mol. The van der Waals surface area contributed by atoms with Gasteiger partial charge in [-0.3, -0.25) is 9.00 Å². The standard InChI is InChI=1S/C16H16ClNO3S/c1-21-14-9-5-8-13(17)15(14)16(19)18-10-11-22(20)12-6-3-2-4-7-12/h2-9H,10-11H2,1H3,(H,18,19)/t22-/m0/s1. The molecule has 0 radical (unpaired) electrons. The molecule has 1 N–H and O–H groups in total. The van der Waals surface area contributed by atoms with Gasteiger partial charge in [-0.15, -0.1) is 0 Å². The molecule has 22 heavy (non-hydrogen) atoms. The summed E-state index contributed by atoms with van der Waals surface area (Å²) in [6, 6.07) is 14.1. The van der Waals surface area contributed by atoms with Crippen LogP contribution in [-0.4, -0.2) is 29.5 Å². The average molecular weight is 338 g/mol. The molecule has 2 rings (SSSR count). The van der Waals surface area contributed by atoms with Crippen LogP contribution in [0.5, 0.6) is 5.75 Å². The van der Waals surface area contributed by atoms with Crippen molar-refractivity contribution in [2.45, 2.75) is 4.90 Å². The number of hydrogen-bond acceptors (Lipinski definition) is 3. The van der Waals surface area contributed by atoms with Crippen molar-refractivity contribution in [3.05, 3.63) is 59.1 Å². The molecule has 116 valence electrons. The summed E-state index contributed by atoms with van der Waals surface area (Å²) >= 11 is 6.04. The maximum absolute atomic E-state index is 12.2. The van der Waals surface area contributed by atoms with Gasteiger partial charge in [-0.05, 0) is 24.3 Å². The lowest BCUT2D eigenvalue weighted by Crippen LogP contribution is -2.28. The van der Waals surface area contributed by atoms with Gasteiger partial charge in [0.1, 0.15) is 5.75 Å². The van der Waals surface area contributed by atoms with Crippen molar-refractivity contribution in [1.82, 2.24) is 5.32 Å². The van der Waals surface area contributed by atoms with Crippen LogP contribution in [-0.2, 0) is 10.8 Å². The van der Waals surface area contributed by atoms with Gasteiger partial charge in [0.2, 0.25) is 0 Å². The van der Waals surface area contributed by atoms with Gasteiger partial charge in [0, 0.05) is 17.2 Å². The number of amides is 1. The highest BCUT2D eigenvalue weighted by atomic mass is 35.5. The lowest BCUT2D eigenvalue weighted by Gasteiger charge is -2.10. The van der Waals surface area contributed by atoms with Crippen LogP contribution in [0, 0.1) is 0 Å². The molecule has 1 atom stereocenters. The van der Waals surface area contributed by atoms with E-state index in [0.717, 1.165) is 4.90 Å². The molecule has 0 heterocycles. The Kier molecular flexibility index (Phi) is 5.98. The van der Waals surface area contributed by atoms with E-state index in [2.05, 4.69) is 5.32 Å². The Labute approximate surface area is 136 Å². The highest BCUT2D eigenvalue weighted by molar-refractivity contribution is 7.85. The zero-order chi connectivity index (χ0) is 15.9. The third-order valence-electron chi connectivity index (χ3n) is 3.00. The quantitative estimate of drug-likeness (QED) is 0.881. The van der Waals surface area contributed by atoms with Gasteiger partial charge < -0.3 is 10.1 Å². The van der Waals surface area contributed by atoms with E-state index >= 15 is 0 Å². The van der Waals surface area contributed by atoms with Gasteiger partial charge in [0.25, 0.3) is 5.91 Å². The molecule has 0 bridgehead atoms. The minimum atomic E-state index is -1.15. The second-order valence-electron chi connectivity index (χ2n) is 4.44. The van der Waals surface area contributed by atoms with Crippen LogP contribution in [0.25, 0.3) is 0 Å². The molecule has 6 heteroatoms. The fraction of sp³-hybridized carbons (Fsp3) is 0.188. The highest BCUT2D eigenvalue weighted by Gasteiger charge is 2.16. The monoisotopic (exact) mass is 337 g/mol. The zero-order valence-electron chi connectivity index (χ0n) is 12.0. The molecule has 1 amide bonds. The average Bonchev–Trinajstić information content (AvgIpc) is 2.55. The summed E-state index contributed by atoms with van der Waals surface area (Å²) in [4.78, 5) is 12.9. The van der Waals surface area contributed by atoms with Gasteiger partial charge in [0.05, 0.1) is 28.5 Å². The van der Waals surface area contributed by atoms with Crippen LogP contribution in [0.1, 0.15) is 10.4 Å². The Morgan fingerprint density at radius 3 is 2.59 bits per heavy atom. The van der Waals surface area contributed by atoms with Gasteiger partial charge in [-0.1, -0.05) is 35.9 Å². The number of carbonyl (C=O) groups is 1. The van der Waals surface area contributed by atoms with Crippen LogP contribution in [0.2, 0.25) is 5.02 Å². The summed E-state index contributed by atoms with van der Waals surface area (Å²) < 4.78 is 17.2. The predicted octanol–water partition coefficient (Wildman–Crippen LogP) is 2.89. The second kappa shape index (κ2) is 7.96. The molecule has 0 aromatic heterocycles.